The van der Waals surface area contributed by atoms with Gasteiger partial charge in [-0.25, -0.2) is 0 Å². The van der Waals surface area contributed by atoms with Crippen LogP contribution in [0, 0.1) is 5.92 Å². The summed E-state index contributed by atoms with van der Waals surface area (Å²) in [6, 6.07) is 0. The summed E-state index contributed by atoms with van der Waals surface area (Å²) in [5.74, 6) is 0.618. The van der Waals surface area contributed by atoms with Crippen LogP contribution in [0.4, 0.5) is 13.2 Å². The first-order valence-corrected chi connectivity index (χ1v) is 5.77. The van der Waals surface area contributed by atoms with Crippen molar-refractivity contribution in [3.05, 3.63) is 0 Å². The highest BCUT2D eigenvalue weighted by Gasteiger charge is 2.28. The van der Waals surface area contributed by atoms with E-state index in [0.717, 1.165) is 25.9 Å². The summed E-state index contributed by atoms with van der Waals surface area (Å²) in [5.41, 5.74) is 0. The van der Waals surface area contributed by atoms with E-state index in [-0.39, 0.29) is 0 Å². The van der Waals surface area contributed by atoms with Gasteiger partial charge in [-0.15, -0.1) is 0 Å². The molecule has 0 heterocycles. The number of hydrogen-bond acceptors (Lipinski definition) is 2. The number of unbranched alkanes of at least 4 members (excludes halogenated alkanes) is 1. The van der Waals surface area contributed by atoms with Crippen LogP contribution in [0.25, 0.3) is 0 Å². The molecule has 0 aliphatic heterocycles. The number of nitrogens with one attached hydrogen (secondary N) is 1. The monoisotopic (exact) mass is 240 g/mol. The van der Waals surface area contributed by atoms with E-state index in [1.165, 1.54) is 11.9 Å². The second-order valence-corrected chi connectivity index (χ2v) is 4.66. The molecule has 2 nitrogen and oxygen atoms in total. The lowest BCUT2D eigenvalue weighted by atomic mass is 10.2. The average molecular weight is 240 g/mol. The second-order valence-electron chi connectivity index (χ2n) is 4.66. The molecule has 0 saturated heterocycles. The van der Waals surface area contributed by atoms with Gasteiger partial charge in [-0.1, -0.05) is 13.8 Å². The molecule has 0 unspecified atom stereocenters. The number of alkyl halides is 3. The minimum absolute atomic E-state index is 0.503. The molecule has 0 bridgehead atoms. The Morgan fingerprint density at radius 1 is 1.19 bits per heavy atom. The number of rotatable bonds is 8. The molecule has 0 spiro atoms. The zero-order valence-electron chi connectivity index (χ0n) is 10.4. The Balaban J connectivity index is 3.31. The zero-order chi connectivity index (χ0) is 12.6. The predicted octanol–water partition coefficient (Wildman–Crippen LogP) is 2.51. The molecule has 0 aliphatic rings. The summed E-state index contributed by atoms with van der Waals surface area (Å²) in [7, 11) is 1.51. The van der Waals surface area contributed by atoms with Crippen molar-refractivity contribution in [2.75, 3.05) is 33.2 Å². The fourth-order valence-corrected chi connectivity index (χ4v) is 1.41. The second kappa shape index (κ2) is 7.90. The average Bonchev–Trinajstić information content (AvgIpc) is 2.07. The molecule has 0 radical (unpaired) electrons. The minimum Gasteiger partial charge on any atom is -0.316 e. The van der Waals surface area contributed by atoms with Crippen LogP contribution >= 0.6 is 0 Å². The van der Waals surface area contributed by atoms with Crippen molar-refractivity contribution in [3.63, 3.8) is 0 Å². The first-order chi connectivity index (χ1) is 7.31. The van der Waals surface area contributed by atoms with Gasteiger partial charge in [-0.2, -0.15) is 13.2 Å². The topological polar surface area (TPSA) is 15.3 Å². The van der Waals surface area contributed by atoms with Crippen LogP contribution in [0.2, 0.25) is 0 Å². The van der Waals surface area contributed by atoms with E-state index >= 15 is 0 Å². The molecule has 0 atom stereocenters. The van der Waals surface area contributed by atoms with Gasteiger partial charge >= 0.3 is 6.18 Å². The van der Waals surface area contributed by atoms with Gasteiger partial charge in [0.05, 0.1) is 6.54 Å². The van der Waals surface area contributed by atoms with Gasteiger partial charge in [-0.05, 0) is 45.4 Å². The summed E-state index contributed by atoms with van der Waals surface area (Å²) in [4.78, 5) is 1.32. The Bertz CT molecular complexity index is 169. The molecule has 0 amide bonds. The Morgan fingerprint density at radius 2 is 1.81 bits per heavy atom. The van der Waals surface area contributed by atoms with Crippen LogP contribution in [0.15, 0.2) is 0 Å². The molecule has 16 heavy (non-hydrogen) atoms. The highest BCUT2D eigenvalue weighted by Crippen LogP contribution is 2.15. The molecule has 5 heteroatoms. The zero-order valence-corrected chi connectivity index (χ0v) is 10.4. The SMILES string of the molecule is CC(C)CNCCCCN(C)CC(F)(F)F. The van der Waals surface area contributed by atoms with Gasteiger partial charge < -0.3 is 5.32 Å². The van der Waals surface area contributed by atoms with Gasteiger partial charge in [0.25, 0.3) is 0 Å². The normalized spacial score (nSPS) is 12.8. The third kappa shape index (κ3) is 11.8. The fraction of sp³-hybridized carbons (Fsp3) is 1.00. The van der Waals surface area contributed by atoms with E-state index in [4.69, 9.17) is 0 Å². The van der Waals surface area contributed by atoms with E-state index in [0.29, 0.717) is 12.5 Å². The summed E-state index contributed by atoms with van der Waals surface area (Å²) in [5, 5.41) is 3.27. The Labute approximate surface area is 96.2 Å². The predicted molar refractivity (Wildman–Crippen MR) is 60.5 cm³/mol. The first-order valence-electron chi connectivity index (χ1n) is 5.77. The van der Waals surface area contributed by atoms with Crippen molar-refractivity contribution in [2.45, 2.75) is 32.9 Å². The molecule has 0 aromatic carbocycles. The van der Waals surface area contributed by atoms with Gasteiger partial charge in [0.1, 0.15) is 0 Å². The molecule has 0 aromatic heterocycles. The molecule has 0 saturated carbocycles. The van der Waals surface area contributed by atoms with Crippen molar-refractivity contribution >= 4 is 0 Å². The van der Waals surface area contributed by atoms with Crippen LogP contribution in [0.1, 0.15) is 26.7 Å². The van der Waals surface area contributed by atoms with E-state index in [1.54, 1.807) is 0 Å². The smallest absolute Gasteiger partial charge is 0.316 e. The Hall–Kier alpha value is -0.290. The first kappa shape index (κ1) is 15.7. The highest BCUT2D eigenvalue weighted by atomic mass is 19.4. The largest absolute Gasteiger partial charge is 0.401 e. The van der Waals surface area contributed by atoms with E-state index in [2.05, 4.69) is 19.2 Å². The third-order valence-electron chi connectivity index (χ3n) is 2.15. The summed E-state index contributed by atoms with van der Waals surface area (Å²) in [6.45, 7) is 5.81. The fourth-order valence-electron chi connectivity index (χ4n) is 1.41. The number of halogens is 3. The van der Waals surface area contributed by atoms with Gasteiger partial charge in [0.15, 0.2) is 0 Å². The van der Waals surface area contributed by atoms with Crippen molar-refractivity contribution in [1.29, 1.82) is 0 Å². The summed E-state index contributed by atoms with van der Waals surface area (Å²) < 4.78 is 35.9. The van der Waals surface area contributed by atoms with Gasteiger partial charge in [-0.3, -0.25) is 4.90 Å². The summed E-state index contributed by atoms with van der Waals surface area (Å²) >= 11 is 0. The van der Waals surface area contributed by atoms with Crippen LogP contribution in [-0.4, -0.2) is 44.3 Å². The van der Waals surface area contributed by atoms with E-state index < -0.39 is 12.7 Å². The number of hydrogen-bond donors (Lipinski definition) is 1. The lowest BCUT2D eigenvalue weighted by Gasteiger charge is -2.18. The lowest BCUT2D eigenvalue weighted by Crippen LogP contribution is -2.32. The maximum Gasteiger partial charge on any atom is 0.401 e. The lowest BCUT2D eigenvalue weighted by molar-refractivity contribution is -0.143. The molecule has 1 N–H and O–H groups in total. The van der Waals surface area contributed by atoms with E-state index in [1.807, 2.05) is 0 Å². The van der Waals surface area contributed by atoms with Crippen molar-refractivity contribution in [1.82, 2.24) is 10.2 Å². The maximum atomic E-state index is 12.0. The molecule has 98 valence electrons. The van der Waals surface area contributed by atoms with Crippen LogP contribution in [0.3, 0.4) is 0 Å². The number of nitrogens with zero attached hydrogens (tertiary/aromatic N) is 1. The third-order valence-corrected chi connectivity index (χ3v) is 2.15. The molecule has 0 fully saturated rings. The molecular weight excluding hydrogens is 217 g/mol. The van der Waals surface area contributed by atoms with Crippen LogP contribution < -0.4 is 5.32 Å². The Morgan fingerprint density at radius 3 is 2.31 bits per heavy atom. The Kier molecular flexibility index (Phi) is 7.76. The van der Waals surface area contributed by atoms with Gasteiger partial charge in [0, 0.05) is 0 Å². The van der Waals surface area contributed by atoms with Crippen molar-refractivity contribution < 1.29 is 13.2 Å². The highest BCUT2D eigenvalue weighted by molar-refractivity contribution is 4.59. The quantitative estimate of drug-likeness (QED) is 0.656. The maximum absolute atomic E-state index is 12.0. The molecule has 0 rings (SSSR count). The van der Waals surface area contributed by atoms with Gasteiger partial charge in [0.2, 0.25) is 0 Å². The van der Waals surface area contributed by atoms with Crippen molar-refractivity contribution in [3.8, 4) is 0 Å². The van der Waals surface area contributed by atoms with E-state index in [9.17, 15) is 13.2 Å². The van der Waals surface area contributed by atoms with Crippen molar-refractivity contribution in [2.24, 2.45) is 5.92 Å². The molecule has 0 aliphatic carbocycles. The molecular formula is C11H23F3N2. The molecule has 0 aromatic rings. The van der Waals surface area contributed by atoms with Crippen LogP contribution in [0.5, 0.6) is 0 Å². The van der Waals surface area contributed by atoms with Crippen LogP contribution in [-0.2, 0) is 0 Å². The standard InChI is InChI=1S/C11H23F3N2/c1-10(2)8-15-6-4-5-7-16(3)9-11(12,13)14/h10,15H,4-9H2,1-3H3. The minimum atomic E-state index is -4.08. The summed E-state index contributed by atoms with van der Waals surface area (Å²) in [6.07, 6.45) is -2.35.